The summed E-state index contributed by atoms with van der Waals surface area (Å²) in [5, 5.41) is 4.08. The second-order valence-electron chi connectivity index (χ2n) is 4.45. The van der Waals surface area contributed by atoms with Crippen LogP contribution in [0.1, 0.15) is 17.2 Å². The smallest absolute Gasteiger partial charge is 0.0994 e. The van der Waals surface area contributed by atoms with Gasteiger partial charge in [0.05, 0.1) is 17.0 Å². The van der Waals surface area contributed by atoms with Gasteiger partial charge < -0.3 is 9.88 Å². The van der Waals surface area contributed by atoms with Crippen LogP contribution in [0.4, 0.5) is 0 Å². The number of halogens is 1. The van der Waals surface area contributed by atoms with Crippen LogP contribution < -0.4 is 5.32 Å². The lowest BCUT2D eigenvalue weighted by molar-refractivity contribution is 0.435. The monoisotopic (exact) mass is 247 g/mol. The van der Waals surface area contributed by atoms with Crippen molar-refractivity contribution in [3.8, 4) is 5.69 Å². The Balaban J connectivity index is 2.09. The summed E-state index contributed by atoms with van der Waals surface area (Å²) >= 11 is 6.36. The summed E-state index contributed by atoms with van der Waals surface area (Å²) < 4.78 is 2.10. The highest BCUT2D eigenvalue weighted by Gasteiger charge is 2.23. The van der Waals surface area contributed by atoms with Crippen molar-refractivity contribution in [3.05, 3.63) is 47.0 Å². The summed E-state index contributed by atoms with van der Waals surface area (Å²) in [6.45, 7) is 4.07. The molecule has 2 heterocycles. The van der Waals surface area contributed by atoms with Gasteiger partial charge in [0.15, 0.2) is 0 Å². The van der Waals surface area contributed by atoms with Gasteiger partial charge in [0.25, 0.3) is 0 Å². The van der Waals surface area contributed by atoms with Crippen LogP contribution in [0, 0.1) is 6.92 Å². The molecule has 1 aliphatic rings. The number of imidazole rings is 1. The molecule has 1 aromatic heterocycles. The topological polar surface area (TPSA) is 29.9 Å². The zero-order chi connectivity index (χ0) is 11.8. The molecule has 3 rings (SSSR count). The average Bonchev–Trinajstić information content (AvgIpc) is 2.68. The minimum absolute atomic E-state index is 0.550. The minimum Gasteiger partial charge on any atom is -0.315 e. The van der Waals surface area contributed by atoms with Crippen LogP contribution in [0.15, 0.2) is 30.7 Å². The van der Waals surface area contributed by atoms with Crippen LogP contribution >= 0.6 is 11.6 Å². The lowest BCUT2D eigenvalue weighted by Gasteiger charge is -2.28. The summed E-state index contributed by atoms with van der Waals surface area (Å²) in [7, 11) is 0. The van der Waals surface area contributed by atoms with Gasteiger partial charge in [0.1, 0.15) is 0 Å². The van der Waals surface area contributed by atoms with E-state index < -0.39 is 0 Å². The highest BCUT2D eigenvalue weighted by molar-refractivity contribution is 6.33. The number of hydrogen-bond acceptors (Lipinski definition) is 2. The Bertz CT molecular complexity index is 543. The molecular formula is C13H14ClN3. The molecule has 1 aromatic carbocycles. The molecule has 0 saturated carbocycles. The third-order valence-corrected chi connectivity index (χ3v) is 3.79. The van der Waals surface area contributed by atoms with Gasteiger partial charge >= 0.3 is 0 Å². The standard InChI is InChI=1S/C13H14ClN3/c1-9-3-2-4-11(13(9)14)17-8-16-7-12(17)10-5-15-6-10/h2-4,7-8,10,15H,5-6H2,1H3. The molecule has 0 radical (unpaired) electrons. The average molecular weight is 248 g/mol. The SMILES string of the molecule is Cc1cccc(-n2cncc2C2CNC2)c1Cl. The molecule has 0 unspecified atom stereocenters. The van der Waals surface area contributed by atoms with Gasteiger partial charge in [0.2, 0.25) is 0 Å². The van der Waals surface area contributed by atoms with E-state index in [9.17, 15) is 0 Å². The van der Waals surface area contributed by atoms with Gasteiger partial charge in [-0.15, -0.1) is 0 Å². The maximum Gasteiger partial charge on any atom is 0.0994 e. The predicted octanol–water partition coefficient (Wildman–Crippen LogP) is 2.52. The molecule has 0 amide bonds. The van der Waals surface area contributed by atoms with E-state index >= 15 is 0 Å². The molecule has 0 aliphatic carbocycles. The van der Waals surface area contributed by atoms with Gasteiger partial charge in [-0.25, -0.2) is 4.98 Å². The number of nitrogens with one attached hydrogen (secondary N) is 1. The molecule has 1 saturated heterocycles. The number of hydrogen-bond donors (Lipinski definition) is 1. The van der Waals surface area contributed by atoms with Crippen molar-refractivity contribution in [2.45, 2.75) is 12.8 Å². The van der Waals surface area contributed by atoms with Crippen LogP contribution in [-0.4, -0.2) is 22.6 Å². The minimum atomic E-state index is 0.550. The largest absolute Gasteiger partial charge is 0.315 e. The third-order valence-electron chi connectivity index (χ3n) is 3.30. The van der Waals surface area contributed by atoms with Crippen LogP contribution in [0.2, 0.25) is 5.02 Å². The van der Waals surface area contributed by atoms with Crippen LogP contribution in [0.5, 0.6) is 0 Å². The molecule has 0 bridgehead atoms. The van der Waals surface area contributed by atoms with Crippen LogP contribution in [-0.2, 0) is 0 Å². The van der Waals surface area contributed by atoms with E-state index in [1.807, 2.05) is 37.6 Å². The fourth-order valence-corrected chi connectivity index (χ4v) is 2.34. The second kappa shape index (κ2) is 4.17. The number of benzene rings is 1. The fourth-order valence-electron chi connectivity index (χ4n) is 2.12. The zero-order valence-electron chi connectivity index (χ0n) is 9.65. The van der Waals surface area contributed by atoms with Crippen molar-refractivity contribution < 1.29 is 0 Å². The number of nitrogens with zero attached hydrogens (tertiary/aromatic N) is 2. The molecule has 1 aliphatic heterocycles. The normalized spacial score (nSPS) is 15.9. The second-order valence-corrected chi connectivity index (χ2v) is 4.83. The molecule has 3 nitrogen and oxygen atoms in total. The molecule has 1 N–H and O–H groups in total. The Labute approximate surface area is 105 Å². The Hall–Kier alpha value is -1.32. The van der Waals surface area contributed by atoms with E-state index in [2.05, 4.69) is 14.9 Å². The first-order valence-electron chi connectivity index (χ1n) is 5.76. The molecule has 4 heteroatoms. The maximum absolute atomic E-state index is 6.36. The van der Waals surface area contributed by atoms with E-state index in [-0.39, 0.29) is 0 Å². The lowest BCUT2D eigenvalue weighted by atomic mass is 9.99. The lowest BCUT2D eigenvalue weighted by Crippen LogP contribution is -2.40. The highest BCUT2D eigenvalue weighted by atomic mass is 35.5. The van der Waals surface area contributed by atoms with Gasteiger partial charge in [-0.2, -0.15) is 0 Å². The van der Waals surface area contributed by atoms with Crippen LogP contribution in [0.3, 0.4) is 0 Å². The van der Waals surface area contributed by atoms with Crippen molar-refractivity contribution in [3.63, 3.8) is 0 Å². The Kier molecular flexibility index (Phi) is 2.65. The number of rotatable bonds is 2. The first kappa shape index (κ1) is 10.8. The number of aromatic nitrogens is 2. The summed E-state index contributed by atoms with van der Waals surface area (Å²) in [5.74, 6) is 0.550. The molecule has 0 atom stereocenters. The first-order chi connectivity index (χ1) is 8.27. The predicted molar refractivity (Wildman–Crippen MR) is 68.9 cm³/mol. The Morgan fingerprint density at radius 1 is 1.41 bits per heavy atom. The van der Waals surface area contributed by atoms with Crippen molar-refractivity contribution >= 4 is 11.6 Å². The van der Waals surface area contributed by atoms with E-state index in [0.717, 1.165) is 29.4 Å². The van der Waals surface area contributed by atoms with Gasteiger partial charge in [-0.3, -0.25) is 0 Å². The zero-order valence-corrected chi connectivity index (χ0v) is 10.4. The van der Waals surface area contributed by atoms with E-state index in [1.54, 1.807) is 0 Å². The van der Waals surface area contributed by atoms with E-state index in [1.165, 1.54) is 5.69 Å². The summed E-state index contributed by atoms with van der Waals surface area (Å²) in [6.07, 6.45) is 3.78. The van der Waals surface area contributed by atoms with Crippen molar-refractivity contribution in [2.75, 3.05) is 13.1 Å². The fraction of sp³-hybridized carbons (Fsp3) is 0.308. The van der Waals surface area contributed by atoms with Crippen molar-refractivity contribution in [2.24, 2.45) is 0 Å². The molecule has 1 fully saturated rings. The van der Waals surface area contributed by atoms with Gasteiger partial charge in [0, 0.05) is 30.9 Å². The highest BCUT2D eigenvalue weighted by Crippen LogP contribution is 2.28. The first-order valence-corrected chi connectivity index (χ1v) is 6.13. The van der Waals surface area contributed by atoms with Crippen molar-refractivity contribution in [1.82, 2.24) is 14.9 Å². The summed E-state index contributed by atoms with van der Waals surface area (Å²) in [4.78, 5) is 4.25. The van der Waals surface area contributed by atoms with Gasteiger partial charge in [-0.1, -0.05) is 23.7 Å². The maximum atomic E-state index is 6.36. The Morgan fingerprint density at radius 3 is 2.94 bits per heavy atom. The summed E-state index contributed by atoms with van der Waals surface area (Å²) in [6, 6.07) is 6.08. The molecule has 0 spiro atoms. The molecular weight excluding hydrogens is 234 g/mol. The quantitative estimate of drug-likeness (QED) is 0.884. The number of aryl methyl sites for hydroxylation is 1. The molecule has 2 aromatic rings. The molecule has 88 valence electrons. The van der Waals surface area contributed by atoms with Gasteiger partial charge in [-0.05, 0) is 18.6 Å². The molecule has 17 heavy (non-hydrogen) atoms. The third kappa shape index (κ3) is 1.75. The van der Waals surface area contributed by atoms with E-state index in [4.69, 9.17) is 11.6 Å². The Morgan fingerprint density at radius 2 is 2.24 bits per heavy atom. The van der Waals surface area contributed by atoms with Crippen molar-refractivity contribution in [1.29, 1.82) is 0 Å². The van der Waals surface area contributed by atoms with Crippen LogP contribution in [0.25, 0.3) is 5.69 Å². The van der Waals surface area contributed by atoms with E-state index in [0.29, 0.717) is 5.92 Å². The summed E-state index contributed by atoms with van der Waals surface area (Å²) in [5.41, 5.74) is 3.35.